The van der Waals surface area contributed by atoms with Crippen molar-refractivity contribution in [2.75, 3.05) is 39.8 Å². The molecule has 0 unspecified atom stereocenters. The van der Waals surface area contributed by atoms with Gasteiger partial charge in [0.25, 0.3) is 11.8 Å². The molecule has 0 bridgehead atoms. The van der Waals surface area contributed by atoms with Crippen LogP contribution in [0.3, 0.4) is 0 Å². The van der Waals surface area contributed by atoms with Crippen LogP contribution in [0.2, 0.25) is 0 Å². The van der Waals surface area contributed by atoms with Gasteiger partial charge in [-0.15, -0.1) is 0 Å². The molecule has 0 aliphatic carbocycles. The first kappa shape index (κ1) is 20.2. The zero-order valence-electron chi connectivity index (χ0n) is 17.5. The zero-order chi connectivity index (χ0) is 21.1. The third kappa shape index (κ3) is 3.96. The topological polar surface area (TPSA) is 53.1 Å². The Morgan fingerprint density at radius 3 is 2.17 bits per heavy atom. The van der Waals surface area contributed by atoms with Crippen LogP contribution in [0, 0.1) is 0 Å². The second-order valence-electron chi connectivity index (χ2n) is 7.65. The minimum absolute atomic E-state index is 0.211. The van der Waals surface area contributed by atoms with Crippen LogP contribution < -0.4 is 4.74 Å². The van der Waals surface area contributed by atoms with Crippen LogP contribution in [-0.2, 0) is 16.1 Å². The lowest BCUT2D eigenvalue weighted by atomic mass is 10.0. The van der Waals surface area contributed by atoms with Crippen molar-refractivity contribution in [1.29, 1.82) is 0 Å². The van der Waals surface area contributed by atoms with Crippen LogP contribution in [-0.4, -0.2) is 66.3 Å². The second kappa shape index (κ2) is 8.71. The summed E-state index contributed by atoms with van der Waals surface area (Å²) in [5, 5.41) is 0. The molecule has 2 aromatic carbocycles. The molecule has 1 saturated heterocycles. The number of ether oxygens (including phenoxy) is 1. The first-order valence-electron chi connectivity index (χ1n) is 10.4. The summed E-state index contributed by atoms with van der Waals surface area (Å²) in [5.74, 6) is 0.306. The van der Waals surface area contributed by atoms with Crippen molar-refractivity contribution in [1.82, 2.24) is 14.7 Å². The van der Waals surface area contributed by atoms with Crippen molar-refractivity contribution >= 4 is 17.4 Å². The van der Waals surface area contributed by atoms with E-state index < -0.39 is 0 Å². The molecule has 2 aromatic rings. The number of imide groups is 1. The lowest BCUT2D eigenvalue weighted by Gasteiger charge is -2.34. The van der Waals surface area contributed by atoms with E-state index in [1.54, 1.807) is 0 Å². The molecular formula is C24H27N3O3. The maximum absolute atomic E-state index is 13.4. The van der Waals surface area contributed by atoms with E-state index >= 15 is 0 Å². The minimum Gasteiger partial charge on any atom is -0.494 e. The van der Waals surface area contributed by atoms with E-state index in [0.29, 0.717) is 17.9 Å². The summed E-state index contributed by atoms with van der Waals surface area (Å²) in [6.07, 6.45) is 0. The molecule has 0 aromatic heterocycles. The van der Waals surface area contributed by atoms with Crippen LogP contribution >= 0.6 is 0 Å². The highest BCUT2D eigenvalue weighted by molar-refractivity contribution is 6.35. The molecule has 0 N–H and O–H groups in total. The number of rotatable bonds is 6. The second-order valence-corrected chi connectivity index (χ2v) is 7.65. The van der Waals surface area contributed by atoms with Gasteiger partial charge in [0.05, 0.1) is 18.7 Å². The molecule has 6 heteroatoms. The summed E-state index contributed by atoms with van der Waals surface area (Å²) in [4.78, 5) is 32.5. The standard InChI is InChI=1S/C24H27N3O3/c1-3-30-20-11-9-19(10-12-20)21-22(26-15-13-25(2)14-16-26)24(29)27(23(21)28)17-18-7-5-4-6-8-18/h4-12H,3,13-17H2,1-2H3. The summed E-state index contributed by atoms with van der Waals surface area (Å²) < 4.78 is 5.53. The highest BCUT2D eigenvalue weighted by Gasteiger charge is 2.41. The third-order valence-electron chi connectivity index (χ3n) is 5.60. The van der Waals surface area contributed by atoms with E-state index in [4.69, 9.17) is 4.74 Å². The van der Waals surface area contributed by atoms with E-state index in [2.05, 4.69) is 16.8 Å². The van der Waals surface area contributed by atoms with Crippen LogP contribution in [0.4, 0.5) is 0 Å². The van der Waals surface area contributed by atoms with Gasteiger partial charge in [-0.3, -0.25) is 14.5 Å². The maximum Gasteiger partial charge on any atom is 0.278 e. The molecule has 0 spiro atoms. The lowest BCUT2D eigenvalue weighted by molar-refractivity contribution is -0.138. The molecule has 0 saturated carbocycles. The molecule has 0 radical (unpaired) electrons. The number of carbonyl (C=O) groups excluding carboxylic acids is 2. The molecule has 1 fully saturated rings. The van der Waals surface area contributed by atoms with E-state index in [0.717, 1.165) is 43.1 Å². The van der Waals surface area contributed by atoms with Crippen LogP contribution in [0.15, 0.2) is 60.3 Å². The normalized spacial score (nSPS) is 17.8. The Morgan fingerprint density at radius 2 is 1.53 bits per heavy atom. The predicted octanol–water partition coefficient (Wildman–Crippen LogP) is 2.61. The molecular weight excluding hydrogens is 378 g/mol. The SMILES string of the molecule is CCOc1ccc(C2=C(N3CCN(C)CC3)C(=O)N(Cc3ccccc3)C2=O)cc1. The molecule has 156 valence electrons. The minimum atomic E-state index is -0.234. The lowest BCUT2D eigenvalue weighted by Crippen LogP contribution is -2.46. The van der Waals surface area contributed by atoms with Crippen molar-refractivity contribution in [3.63, 3.8) is 0 Å². The average Bonchev–Trinajstić information content (AvgIpc) is 3.01. The van der Waals surface area contributed by atoms with Crippen molar-refractivity contribution in [3.8, 4) is 5.75 Å². The number of amides is 2. The van der Waals surface area contributed by atoms with Crippen molar-refractivity contribution in [2.45, 2.75) is 13.5 Å². The Morgan fingerprint density at radius 1 is 0.867 bits per heavy atom. The van der Waals surface area contributed by atoms with Gasteiger partial charge < -0.3 is 14.5 Å². The van der Waals surface area contributed by atoms with Gasteiger partial charge in [0.1, 0.15) is 11.4 Å². The summed E-state index contributed by atoms with van der Waals surface area (Å²) in [7, 11) is 2.07. The van der Waals surface area contributed by atoms with Gasteiger partial charge in [-0.25, -0.2) is 0 Å². The van der Waals surface area contributed by atoms with Crippen molar-refractivity contribution in [3.05, 3.63) is 71.4 Å². The highest BCUT2D eigenvalue weighted by atomic mass is 16.5. The molecule has 30 heavy (non-hydrogen) atoms. The quantitative estimate of drug-likeness (QED) is 0.692. The number of carbonyl (C=O) groups is 2. The Hall–Kier alpha value is -3.12. The number of nitrogens with zero attached hydrogens (tertiary/aromatic N) is 3. The fourth-order valence-corrected chi connectivity index (χ4v) is 3.94. The Bertz CT molecular complexity index is 945. The Labute approximate surface area is 177 Å². The van der Waals surface area contributed by atoms with Crippen LogP contribution in [0.1, 0.15) is 18.1 Å². The summed E-state index contributed by atoms with van der Waals surface area (Å²) in [6, 6.07) is 17.1. The van der Waals surface area contributed by atoms with Gasteiger partial charge in [0.15, 0.2) is 0 Å². The van der Waals surface area contributed by atoms with E-state index in [9.17, 15) is 9.59 Å². The first-order chi connectivity index (χ1) is 14.6. The molecule has 0 atom stereocenters. The average molecular weight is 405 g/mol. The third-order valence-corrected chi connectivity index (χ3v) is 5.60. The van der Waals surface area contributed by atoms with E-state index in [1.165, 1.54) is 4.90 Å². The fraction of sp³-hybridized carbons (Fsp3) is 0.333. The smallest absolute Gasteiger partial charge is 0.278 e. The van der Waals surface area contributed by atoms with Crippen LogP contribution in [0.5, 0.6) is 5.75 Å². The Kier molecular flexibility index (Phi) is 5.86. The molecule has 6 nitrogen and oxygen atoms in total. The van der Waals surface area contributed by atoms with E-state index in [1.807, 2.05) is 61.5 Å². The van der Waals surface area contributed by atoms with Gasteiger partial charge in [-0.05, 0) is 37.2 Å². The largest absolute Gasteiger partial charge is 0.494 e. The molecule has 2 heterocycles. The van der Waals surface area contributed by atoms with Crippen molar-refractivity contribution in [2.24, 2.45) is 0 Å². The zero-order valence-corrected chi connectivity index (χ0v) is 17.5. The molecule has 4 rings (SSSR count). The highest BCUT2D eigenvalue weighted by Crippen LogP contribution is 2.33. The van der Waals surface area contributed by atoms with Gasteiger partial charge >= 0.3 is 0 Å². The predicted molar refractivity (Wildman–Crippen MR) is 116 cm³/mol. The molecule has 2 aliphatic rings. The number of piperazine rings is 1. The summed E-state index contributed by atoms with van der Waals surface area (Å²) in [5.41, 5.74) is 2.70. The Balaban J connectivity index is 1.70. The first-order valence-corrected chi connectivity index (χ1v) is 10.4. The number of likely N-dealkylation sites (N-methyl/N-ethyl adjacent to an activating group) is 1. The van der Waals surface area contributed by atoms with Crippen LogP contribution in [0.25, 0.3) is 5.57 Å². The number of hydrogen-bond donors (Lipinski definition) is 0. The van der Waals surface area contributed by atoms with Crippen molar-refractivity contribution < 1.29 is 14.3 Å². The van der Waals surface area contributed by atoms with E-state index in [-0.39, 0.29) is 18.4 Å². The molecule has 2 aliphatic heterocycles. The monoisotopic (exact) mass is 405 g/mol. The molecule has 2 amide bonds. The fourth-order valence-electron chi connectivity index (χ4n) is 3.94. The van der Waals surface area contributed by atoms with Gasteiger partial charge in [-0.2, -0.15) is 0 Å². The van der Waals surface area contributed by atoms with Gasteiger partial charge in [0, 0.05) is 26.2 Å². The maximum atomic E-state index is 13.4. The number of hydrogen-bond acceptors (Lipinski definition) is 5. The van der Waals surface area contributed by atoms with Gasteiger partial charge in [0.2, 0.25) is 0 Å². The summed E-state index contributed by atoms with van der Waals surface area (Å²) >= 11 is 0. The number of benzene rings is 2. The summed E-state index contributed by atoms with van der Waals surface area (Å²) in [6.45, 7) is 5.96. The van der Waals surface area contributed by atoms with Gasteiger partial charge in [-0.1, -0.05) is 42.5 Å².